The number of anilines is 1. The molecule has 0 bridgehead atoms. The van der Waals surface area contributed by atoms with Gasteiger partial charge in [-0.2, -0.15) is 0 Å². The van der Waals surface area contributed by atoms with E-state index in [2.05, 4.69) is 41.6 Å². The zero-order valence-corrected chi connectivity index (χ0v) is 12.7. The number of carbonyl (C=O) groups is 1. The summed E-state index contributed by atoms with van der Waals surface area (Å²) in [5.74, 6) is 0.646. The Bertz CT molecular complexity index is 415. The molecule has 0 saturated carbocycles. The Morgan fingerprint density at radius 2 is 1.88 bits per heavy atom. The lowest BCUT2D eigenvalue weighted by atomic mass is 10.0. The van der Waals surface area contributed by atoms with Crippen LogP contribution in [0.1, 0.15) is 38.1 Å². The monoisotopic (exact) mass is 297 g/mol. The molecule has 0 amide bonds. The van der Waals surface area contributed by atoms with Gasteiger partial charge in [-0.05, 0) is 38.0 Å². The van der Waals surface area contributed by atoms with Gasteiger partial charge in [0.15, 0.2) is 5.78 Å². The quantitative estimate of drug-likeness (QED) is 0.779. The van der Waals surface area contributed by atoms with Gasteiger partial charge < -0.3 is 4.90 Å². The normalized spacial score (nSPS) is 12.6. The van der Waals surface area contributed by atoms with E-state index in [4.69, 9.17) is 0 Å². The van der Waals surface area contributed by atoms with E-state index in [0.29, 0.717) is 12.0 Å². The molecule has 2 nitrogen and oxygen atoms in total. The van der Waals surface area contributed by atoms with Gasteiger partial charge in [-0.3, -0.25) is 4.79 Å². The second kappa shape index (κ2) is 5.67. The van der Waals surface area contributed by atoms with Gasteiger partial charge in [0, 0.05) is 28.8 Å². The van der Waals surface area contributed by atoms with Crippen LogP contribution in [-0.2, 0) is 0 Å². The van der Waals surface area contributed by atoms with E-state index in [1.54, 1.807) is 6.92 Å². The smallest absolute Gasteiger partial charge is 0.161 e. The molecule has 0 saturated heterocycles. The first kappa shape index (κ1) is 14.2. The summed E-state index contributed by atoms with van der Waals surface area (Å²) in [5.41, 5.74) is 1.77. The molecule has 1 rings (SSSR count). The molecule has 1 atom stereocenters. The van der Waals surface area contributed by atoms with Gasteiger partial charge in [-0.25, -0.2) is 0 Å². The van der Waals surface area contributed by atoms with Gasteiger partial charge in [-0.15, -0.1) is 0 Å². The Labute approximate surface area is 112 Å². The lowest BCUT2D eigenvalue weighted by Gasteiger charge is -2.31. The van der Waals surface area contributed by atoms with Gasteiger partial charge in [0.25, 0.3) is 0 Å². The zero-order chi connectivity index (χ0) is 13.2. The number of ketones is 1. The van der Waals surface area contributed by atoms with Crippen molar-refractivity contribution in [3.63, 3.8) is 0 Å². The summed E-state index contributed by atoms with van der Waals surface area (Å²) < 4.78 is 0.942. The third-order valence-corrected chi connectivity index (χ3v) is 3.79. The van der Waals surface area contributed by atoms with Crippen molar-refractivity contribution in [1.29, 1.82) is 0 Å². The van der Waals surface area contributed by atoms with Gasteiger partial charge in [0.05, 0.1) is 0 Å². The molecule has 0 aliphatic heterocycles. The summed E-state index contributed by atoms with van der Waals surface area (Å²) in [7, 11) is 2.04. The maximum absolute atomic E-state index is 11.7. The van der Waals surface area contributed by atoms with Crippen molar-refractivity contribution >= 4 is 27.4 Å². The van der Waals surface area contributed by atoms with Crippen molar-refractivity contribution in [1.82, 2.24) is 0 Å². The third-order valence-electron chi connectivity index (χ3n) is 3.29. The summed E-state index contributed by atoms with van der Waals surface area (Å²) in [6.07, 6.45) is 0. The molecule has 1 aromatic carbocycles. The number of carbonyl (C=O) groups excluding carboxylic acids is 1. The van der Waals surface area contributed by atoms with Crippen molar-refractivity contribution in [2.45, 2.75) is 33.7 Å². The number of hydrogen-bond acceptors (Lipinski definition) is 2. The lowest BCUT2D eigenvalue weighted by molar-refractivity contribution is 0.101. The number of rotatable bonds is 4. The molecule has 0 aliphatic rings. The van der Waals surface area contributed by atoms with Crippen LogP contribution in [-0.4, -0.2) is 18.9 Å². The van der Waals surface area contributed by atoms with Crippen LogP contribution in [0.2, 0.25) is 0 Å². The van der Waals surface area contributed by atoms with Gasteiger partial charge in [0.1, 0.15) is 0 Å². The van der Waals surface area contributed by atoms with Crippen LogP contribution in [0.4, 0.5) is 5.69 Å². The van der Waals surface area contributed by atoms with E-state index in [9.17, 15) is 4.79 Å². The predicted octanol–water partition coefficient (Wildman–Crippen LogP) is 4.13. The number of Topliss-reactive ketones (excluding diaryl/α,β-unsaturated/α-hetero) is 1. The number of nitrogens with zero attached hydrogens (tertiary/aromatic N) is 1. The maximum Gasteiger partial charge on any atom is 0.161 e. The molecular formula is C14H20BrNO. The average molecular weight is 298 g/mol. The molecule has 0 heterocycles. The van der Waals surface area contributed by atoms with Crippen molar-refractivity contribution in [2.24, 2.45) is 5.92 Å². The minimum Gasteiger partial charge on any atom is -0.371 e. The Hall–Kier alpha value is -0.830. The first-order valence-corrected chi connectivity index (χ1v) is 6.67. The molecular weight excluding hydrogens is 278 g/mol. The minimum absolute atomic E-state index is 0.101. The topological polar surface area (TPSA) is 20.3 Å². The van der Waals surface area contributed by atoms with E-state index >= 15 is 0 Å². The van der Waals surface area contributed by atoms with E-state index < -0.39 is 0 Å². The number of hydrogen-bond donors (Lipinski definition) is 0. The largest absolute Gasteiger partial charge is 0.371 e. The molecule has 0 spiro atoms. The molecule has 0 N–H and O–H groups in total. The molecule has 17 heavy (non-hydrogen) atoms. The first-order valence-electron chi connectivity index (χ1n) is 5.88. The maximum atomic E-state index is 11.7. The number of halogens is 1. The van der Waals surface area contributed by atoms with Gasteiger partial charge >= 0.3 is 0 Å². The van der Waals surface area contributed by atoms with Crippen molar-refractivity contribution in [3.8, 4) is 0 Å². The Morgan fingerprint density at radius 1 is 1.29 bits per heavy atom. The van der Waals surface area contributed by atoms with Crippen LogP contribution in [0.15, 0.2) is 22.7 Å². The van der Waals surface area contributed by atoms with Gasteiger partial charge in [0.2, 0.25) is 0 Å². The highest BCUT2D eigenvalue weighted by Gasteiger charge is 2.18. The highest BCUT2D eigenvalue weighted by atomic mass is 79.9. The highest BCUT2D eigenvalue weighted by Crippen LogP contribution is 2.27. The molecule has 0 fully saturated rings. The predicted molar refractivity (Wildman–Crippen MR) is 76.8 cm³/mol. The molecule has 94 valence electrons. The van der Waals surface area contributed by atoms with Crippen LogP contribution in [0.5, 0.6) is 0 Å². The molecule has 0 radical (unpaired) electrons. The van der Waals surface area contributed by atoms with Crippen LogP contribution in [0, 0.1) is 5.92 Å². The van der Waals surface area contributed by atoms with E-state index in [0.717, 1.165) is 15.7 Å². The molecule has 0 aliphatic carbocycles. The fourth-order valence-electron chi connectivity index (χ4n) is 1.76. The SMILES string of the molecule is CC(=O)c1cc(Br)ccc1N(C)C(C)C(C)C. The van der Waals surface area contributed by atoms with Crippen LogP contribution >= 0.6 is 15.9 Å². The summed E-state index contributed by atoms with van der Waals surface area (Å²) in [4.78, 5) is 13.8. The minimum atomic E-state index is 0.101. The van der Waals surface area contributed by atoms with Crippen LogP contribution < -0.4 is 4.90 Å². The molecule has 3 heteroatoms. The summed E-state index contributed by atoms with van der Waals surface area (Å²) in [5, 5.41) is 0. The standard InChI is InChI=1S/C14H20BrNO/c1-9(2)10(3)16(5)14-7-6-12(15)8-13(14)11(4)17/h6-10H,1-5H3. The van der Waals surface area contributed by atoms with Crippen molar-refractivity contribution < 1.29 is 4.79 Å². The molecule has 1 aromatic rings. The second-order valence-corrected chi connectivity index (χ2v) is 5.73. The summed E-state index contributed by atoms with van der Waals surface area (Å²) >= 11 is 3.41. The fraction of sp³-hybridized carbons (Fsp3) is 0.500. The third kappa shape index (κ3) is 3.32. The Balaban J connectivity index is 3.17. The fourth-order valence-corrected chi connectivity index (χ4v) is 2.13. The van der Waals surface area contributed by atoms with Crippen LogP contribution in [0.25, 0.3) is 0 Å². The number of benzene rings is 1. The van der Waals surface area contributed by atoms with E-state index in [1.165, 1.54) is 0 Å². The van der Waals surface area contributed by atoms with Crippen LogP contribution in [0.3, 0.4) is 0 Å². The Morgan fingerprint density at radius 3 is 2.35 bits per heavy atom. The average Bonchev–Trinajstić information content (AvgIpc) is 2.26. The van der Waals surface area contributed by atoms with E-state index in [1.807, 2.05) is 25.2 Å². The lowest BCUT2D eigenvalue weighted by Crippen LogP contribution is -2.34. The summed E-state index contributed by atoms with van der Waals surface area (Å²) in [6.45, 7) is 8.16. The Kier molecular flexibility index (Phi) is 4.75. The first-order chi connectivity index (χ1) is 7.84. The van der Waals surface area contributed by atoms with E-state index in [-0.39, 0.29) is 5.78 Å². The molecule has 1 unspecified atom stereocenters. The van der Waals surface area contributed by atoms with Crippen molar-refractivity contribution in [3.05, 3.63) is 28.2 Å². The zero-order valence-electron chi connectivity index (χ0n) is 11.1. The summed E-state index contributed by atoms with van der Waals surface area (Å²) in [6, 6.07) is 6.26. The highest BCUT2D eigenvalue weighted by molar-refractivity contribution is 9.10. The van der Waals surface area contributed by atoms with Crippen molar-refractivity contribution in [2.75, 3.05) is 11.9 Å². The van der Waals surface area contributed by atoms with Gasteiger partial charge in [-0.1, -0.05) is 29.8 Å². The second-order valence-electron chi connectivity index (χ2n) is 4.81. The molecule has 0 aromatic heterocycles.